The van der Waals surface area contributed by atoms with E-state index in [1.807, 2.05) is 18.2 Å². The number of nitrogen functional groups attached to an aromatic ring is 1. The number of hydrogen-bond donors (Lipinski definition) is 1. The van der Waals surface area contributed by atoms with Crippen LogP contribution in [0.2, 0.25) is 0 Å². The Kier molecular flexibility index (Phi) is 2.74. The Morgan fingerprint density at radius 2 is 1.81 bits per heavy atom. The van der Waals surface area contributed by atoms with E-state index in [1.165, 1.54) is 24.2 Å². The van der Waals surface area contributed by atoms with Crippen molar-refractivity contribution in [3.8, 4) is 0 Å². The molecule has 0 amide bonds. The molecule has 0 saturated heterocycles. The summed E-state index contributed by atoms with van der Waals surface area (Å²) >= 11 is 0. The fourth-order valence-corrected chi connectivity index (χ4v) is 3.23. The predicted molar refractivity (Wildman–Crippen MR) is 86.2 cm³/mol. The van der Waals surface area contributed by atoms with E-state index in [2.05, 4.69) is 42.2 Å². The number of nitrogens with zero attached hydrogens (tertiary/aromatic N) is 2. The van der Waals surface area contributed by atoms with Crippen molar-refractivity contribution in [2.45, 2.75) is 25.9 Å². The molecule has 1 fully saturated rings. The van der Waals surface area contributed by atoms with Crippen LogP contribution in [0.15, 0.2) is 53.5 Å². The molecule has 1 heterocycles. The first kappa shape index (κ1) is 12.5. The van der Waals surface area contributed by atoms with Crippen molar-refractivity contribution in [1.29, 1.82) is 0 Å². The zero-order valence-electron chi connectivity index (χ0n) is 12.2. The third-order valence-electron chi connectivity index (χ3n) is 4.29. The number of anilines is 2. The van der Waals surface area contributed by atoms with Gasteiger partial charge in [0.15, 0.2) is 0 Å². The highest BCUT2D eigenvalue weighted by molar-refractivity contribution is 5.74. The predicted octanol–water partition coefficient (Wildman–Crippen LogP) is 2.27. The van der Waals surface area contributed by atoms with Crippen molar-refractivity contribution in [1.82, 2.24) is 0 Å². The molecule has 0 bridgehead atoms. The monoisotopic (exact) mass is 277 g/mol. The maximum atomic E-state index is 6.28. The molecule has 3 nitrogen and oxygen atoms in total. The molecule has 2 aromatic carbocycles. The fourth-order valence-electron chi connectivity index (χ4n) is 3.23. The number of benzene rings is 2. The topological polar surface area (TPSA) is 41.6 Å². The van der Waals surface area contributed by atoms with E-state index in [4.69, 9.17) is 10.7 Å². The van der Waals surface area contributed by atoms with Gasteiger partial charge in [-0.1, -0.05) is 24.3 Å². The van der Waals surface area contributed by atoms with Gasteiger partial charge >= 0.3 is 0 Å². The minimum absolute atomic E-state index is 0.109. The summed E-state index contributed by atoms with van der Waals surface area (Å²) in [6, 6.07) is 16.6. The molecule has 2 aromatic rings. The largest absolute Gasteiger partial charge is 0.398 e. The van der Waals surface area contributed by atoms with Crippen LogP contribution in [0.3, 0.4) is 0 Å². The van der Waals surface area contributed by atoms with E-state index < -0.39 is 0 Å². The summed E-state index contributed by atoms with van der Waals surface area (Å²) in [5.41, 5.74) is 9.67. The van der Waals surface area contributed by atoms with E-state index in [0.29, 0.717) is 5.92 Å². The maximum absolute atomic E-state index is 6.28. The van der Waals surface area contributed by atoms with Crippen molar-refractivity contribution in [3.63, 3.8) is 0 Å². The molecule has 1 atom stereocenters. The van der Waals surface area contributed by atoms with E-state index in [0.717, 1.165) is 16.3 Å². The average molecular weight is 277 g/mol. The third-order valence-corrected chi connectivity index (χ3v) is 4.29. The molecule has 0 radical (unpaired) electrons. The van der Waals surface area contributed by atoms with Crippen molar-refractivity contribution < 1.29 is 0 Å². The van der Waals surface area contributed by atoms with Crippen molar-refractivity contribution in [2.24, 2.45) is 10.9 Å². The molecule has 1 aliphatic heterocycles. The molecular formula is C18H19N3. The van der Waals surface area contributed by atoms with Crippen LogP contribution in [0.5, 0.6) is 0 Å². The van der Waals surface area contributed by atoms with Crippen LogP contribution in [0.4, 0.5) is 11.4 Å². The summed E-state index contributed by atoms with van der Waals surface area (Å²) in [6.45, 7) is 2.15. The number of para-hydroxylation sites is 1. The van der Waals surface area contributed by atoms with Gasteiger partial charge in [0.25, 0.3) is 0 Å². The first-order valence-corrected chi connectivity index (χ1v) is 7.56. The Morgan fingerprint density at radius 3 is 2.52 bits per heavy atom. The minimum atomic E-state index is 0.109. The summed E-state index contributed by atoms with van der Waals surface area (Å²) < 4.78 is 0. The van der Waals surface area contributed by atoms with Crippen LogP contribution in [-0.2, 0) is 0 Å². The van der Waals surface area contributed by atoms with Crippen LogP contribution in [0, 0.1) is 5.92 Å². The van der Waals surface area contributed by atoms with Gasteiger partial charge in [0.05, 0.1) is 5.36 Å². The lowest BCUT2D eigenvalue weighted by molar-refractivity contribution is 0.699. The molecule has 1 saturated carbocycles. The first-order valence-electron chi connectivity index (χ1n) is 7.56. The van der Waals surface area contributed by atoms with E-state index in [9.17, 15) is 0 Å². The highest BCUT2D eigenvalue weighted by Gasteiger charge is 2.35. The van der Waals surface area contributed by atoms with Crippen molar-refractivity contribution >= 4 is 17.1 Å². The molecule has 3 heteroatoms. The second kappa shape index (κ2) is 4.62. The lowest BCUT2D eigenvalue weighted by Crippen LogP contribution is -2.46. The number of hydrogen-bond acceptors (Lipinski definition) is 3. The second-order valence-corrected chi connectivity index (χ2v) is 5.87. The number of fused-ring (bicyclic) bond motifs is 1. The van der Waals surface area contributed by atoms with Crippen LogP contribution in [-0.4, -0.2) is 6.17 Å². The first-order chi connectivity index (χ1) is 10.3. The Labute approximate surface area is 124 Å². The highest BCUT2D eigenvalue weighted by Crippen LogP contribution is 2.41. The van der Waals surface area contributed by atoms with Crippen LogP contribution in [0.1, 0.15) is 19.8 Å². The quantitative estimate of drug-likeness (QED) is 0.856. The molecule has 21 heavy (non-hydrogen) atoms. The Balaban J connectivity index is 2.03. The Hall–Kier alpha value is -2.29. The SMILES string of the molecule is CC1N=c2cccc(N)c2=C(C2CC2)N1c1ccccc1. The highest BCUT2D eigenvalue weighted by atomic mass is 15.3. The van der Waals surface area contributed by atoms with Gasteiger partial charge in [0.2, 0.25) is 0 Å². The van der Waals surface area contributed by atoms with E-state index in [1.54, 1.807) is 0 Å². The molecule has 1 unspecified atom stereocenters. The fraction of sp³-hybridized carbons (Fsp3) is 0.278. The Bertz CT molecular complexity index is 791. The number of rotatable bonds is 2. The lowest BCUT2D eigenvalue weighted by Gasteiger charge is -2.34. The van der Waals surface area contributed by atoms with Gasteiger partial charge in [-0.25, -0.2) is 0 Å². The smallest absolute Gasteiger partial charge is 0.123 e. The Morgan fingerprint density at radius 1 is 1.05 bits per heavy atom. The van der Waals surface area contributed by atoms with Gasteiger partial charge in [-0.2, -0.15) is 0 Å². The molecule has 0 spiro atoms. The van der Waals surface area contributed by atoms with Gasteiger partial charge in [-0.15, -0.1) is 0 Å². The van der Waals surface area contributed by atoms with Gasteiger partial charge in [-0.3, -0.25) is 4.99 Å². The summed E-state index contributed by atoms with van der Waals surface area (Å²) in [7, 11) is 0. The summed E-state index contributed by atoms with van der Waals surface area (Å²) in [5.74, 6) is 0.617. The molecule has 106 valence electrons. The van der Waals surface area contributed by atoms with Crippen LogP contribution in [0.25, 0.3) is 5.70 Å². The second-order valence-electron chi connectivity index (χ2n) is 5.87. The van der Waals surface area contributed by atoms with E-state index in [-0.39, 0.29) is 6.17 Å². The summed E-state index contributed by atoms with van der Waals surface area (Å²) in [6.07, 6.45) is 2.61. The summed E-state index contributed by atoms with van der Waals surface area (Å²) in [4.78, 5) is 7.21. The average Bonchev–Trinajstić information content (AvgIpc) is 3.31. The van der Waals surface area contributed by atoms with Crippen molar-refractivity contribution in [2.75, 3.05) is 10.6 Å². The minimum Gasteiger partial charge on any atom is -0.398 e. The normalized spacial score (nSPS) is 20.9. The van der Waals surface area contributed by atoms with Gasteiger partial charge in [0, 0.05) is 28.2 Å². The van der Waals surface area contributed by atoms with Crippen molar-refractivity contribution in [3.05, 3.63) is 59.1 Å². The maximum Gasteiger partial charge on any atom is 0.123 e. The van der Waals surface area contributed by atoms with Gasteiger partial charge < -0.3 is 10.6 Å². The molecular weight excluding hydrogens is 258 g/mol. The molecule has 4 rings (SSSR count). The number of nitrogens with two attached hydrogens (primary N) is 1. The van der Waals surface area contributed by atoms with Crippen LogP contribution >= 0.6 is 0 Å². The molecule has 1 aliphatic carbocycles. The third kappa shape index (κ3) is 2.00. The van der Waals surface area contributed by atoms with E-state index >= 15 is 0 Å². The molecule has 0 aromatic heterocycles. The van der Waals surface area contributed by atoms with Gasteiger partial charge in [0.1, 0.15) is 6.17 Å². The lowest BCUT2D eigenvalue weighted by atomic mass is 10.1. The van der Waals surface area contributed by atoms with Crippen LogP contribution < -0.4 is 21.2 Å². The zero-order valence-corrected chi connectivity index (χ0v) is 12.2. The molecule has 2 aliphatic rings. The standard InChI is InChI=1S/C18H19N3/c1-12-20-16-9-5-8-15(19)17(16)18(13-10-11-13)21(12)14-6-3-2-4-7-14/h2-9,12-13H,10-11,19H2,1H3. The summed E-state index contributed by atoms with van der Waals surface area (Å²) in [5, 5.41) is 2.18. The van der Waals surface area contributed by atoms with Gasteiger partial charge in [-0.05, 0) is 44.0 Å². The molecule has 2 N–H and O–H groups in total. The zero-order chi connectivity index (χ0) is 14.4.